The predicted molar refractivity (Wildman–Crippen MR) is 113 cm³/mol. The molecule has 2 N–H and O–H groups in total. The van der Waals surface area contributed by atoms with Crippen LogP contribution in [0, 0.1) is 0 Å². The van der Waals surface area contributed by atoms with Crippen molar-refractivity contribution in [2.75, 3.05) is 23.8 Å². The minimum absolute atomic E-state index is 0.116. The van der Waals surface area contributed by atoms with Gasteiger partial charge in [0.15, 0.2) is 13.2 Å². The Bertz CT molecular complexity index is 962. The second kappa shape index (κ2) is 10.1. The molecule has 0 heterocycles. The van der Waals surface area contributed by atoms with Crippen LogP contribution in [-0.4, -0.2) is 25.0 Å². The molecular formula is C22H19ClN2O4. The minimum Gasteiger partial charge on any atom is -0.484 e. The predicted octanol–water partition coefficient (Wildman–Crippen LogP) is 4.38. The van der Waals surface area contributed by atoms with Gasteiger partial charge in [0.25, 0.3) is 11.8 Å². The van der Waals surface area contributed by atoms with E-state index in [2.05, 4.69) is 10.6 Å². The largest absolute Gasteiger partial charge is 0.484 e. The van der Waals surface area contributed by atoms with Crippen LogP contribution in [0.4, 0.5) is 11.4 Å². The SMILES string of the molecule is O=C(COc1ccccc1)Nc1cccc(NC(=O)COc2ccc(Cl)cc2)c1. The monoisotopic (exact) mass is 410 g/mol. The lowest BCUT2D eigenvalue weighted by Crippen LogP contribution is -2.21. The van der Waals surface area contributed by atoms with Crippen molar-refractivity contribution >= 4 is 34.8 Å². The zero-order valence-electron chi connectivity index (χ0n) is 15.4. The van der Waals surface area contributed by atoms with Gasteiger partial charge in [-0.2, -0.15) is 0 Å². The summed E-state index contributed by atoms with van der Waals surface area (Å²) in [5.41, 5.74) is 1.08. The third-order valence-electron chi connectivity index (χ3n) is 3.73. The van der Waals surface area contributed by atoms with Gasteiger partial charge in [-0.1, -0.05) is 35.9 Å². The second-order valence-corrected chi connectivity index (χ2v) is 6.46. The average molecular weight is 411 g/mol. The Morgan fingerprint density at radius 1 is 0.690 bits per heavy atom. The van der Waals surface area contributed by atoms with Crippen LogP contribution in [0.2, 0.25) is 5.02 Å². The number of nitrogens with one attached hydrogen (secondary N) is 2. The summed E-state index contributed by atoms with van der Waals surface area (Å²) in [6.07, 6.45) is 0. The molecule has 0 radical (unpaired) electrons. The number of anilines is 2. The molecule has 0 atom stereocenters. The number of rotatable bonds is 8. The Morgan fingerprint density at radius 3 is 1.76 bits per heavy atom. The highest BCUT2D eigenvalue weighted by atomic mass is 35.5. The van der Waals surface area contributed by atoms with Gasteiger partial charge in [-0.15, -0.1) is 0 Å². The molecule has 0 saturated heterocycles. The van der Waals surface area contributed by atoms with Gasteiger partial charge in [0.1, 0.15) is 11.5 Å². The first-order valence-corrected chi connectivity index (χ1v) is 9.22. The van der Waals surface area contributed by atoms with Gasteiger partial charge in [0, 0.05) is 16.4 Å². The van der Waals surface area contributed by atoms with Crippen molar-refractivity contribution < 1.29 is 19.1 Å². The summed E-state index contributed by atoms with van der Waals surface area (Å²) in [5.74, 6) is 0.535. The van der Waals surface area contributed by atoms with Gasteiger partial charge in [-0.3, -0.25) is 9.59 Å². The van der Waals surface area contributed by atoms with Crippen molar-refractivity contribution in [3.63, 3.8) is 0 Å². The van der Waals surface area contributed by atoms with Crippen LogP contribution in [0.1, 0.15) is 0 Å². The molecule has 0 fully saturated rings. The second-order valence-electron chi connectivity index (χ2n) is 6.02. The highest BCUT2D eigenvalue weighted by Crippen LogP contribution is 2.17. The molecule has 0 bridgehead atoms. The fraction of sp³-hybridized carbons (Fsp3) is 0.0909. The van der Waals surface area contributed by atoms with Crippen molar-refractivity contribution in [1.29, 1.82) is 0 Å². The molecule has 3 aromatic carbocycles. The van der Waals surface area contributed by atoms with E-state index in [-0.39, 0.29) is 25.0 Å². The number of halogens is 1. The molecule has 0 unspecified atom stereocenters. The molecule has 0 aromatic heterocycles. The van der Waals surface area contributed by atoms with E-state index in [1.165, 1.54) is 0 Å². The molecule has 7 heteroatoms. The van der Waals surface area contributed by atoms with Crippen LogP contribution in [0.15, 0.2) is 78.9 Å². The van der Waals surface area contributed by atoms with E-state index in [1.54, 1.807) is 60.7 Å². The average Bonchev–Trinajstić information content (AvgIpc) is 2.73. The molecule has 0 saturated carbocycles. The summed E-state index contributed by atoms with van der Waals surface area (Å²) in [4.78, 5) is 24.1. The zero-order valence-corrected chi connectivity index (χ0v) is 16.2. The maximum absolute atomic E-state index is 12.1. The number of carbonyl (C=O) groups excluding carboxylic acids is 2. The van der Waals surface area contributed by atoms with E-state index >= 15 is 0 Å². The Balaban J connectivity index is 1.47. The van der Waals surface area contributed by atoms with E-state index < -0.39 is 0 Å². The molecule has 3 rings (SSSR count). The van der Waals surface area contributed by atoms with E-state index in [1.807, 2.05) is 18.2 Å². The van der Waals surface area contributed by atoms with Crippen molar-refractivity contribution in [2.45, 2.75) is 0 Å². The number of hydrogen-bond acceptors (Lipinski definition) is 4. The number of benzene rings is 3. The Kier molecular flexibility index (Phi) is 7.08. The molecular weight excluding hydrogens is 392 g/mol. The standard InChI is InChI=1S/C22H19ClN2O4/c23-16-9-11-20(12-10-16)29-15-22(27)25-18-6-4-5-17(13-18)24-21(26)14-28-19-7-2-1-3-8-19/h1-13H,14-15H2,(H,24,26)(H,25,27). The highest BCUT2D eigenvalue weighted by molar-refractivity contribution is 6.30. The topological polar surface area (TPSA) is 76.7 Å². The van der Waals surface area contributed by atoms with Crippen LogP contribution in [0.3, 0.4) is 0 Å². The van der Waals surface area contributed by atoms with Crippen molar-refractivity contribution in [1.82, 2.24) is 0 Å². The Morgan fingerprint density at radius 2 is 1.21 bits per heavy atom. The van der Waals surface area contributed by atoms with Crippen LogP contribution < -0.4 is 20.1 Å². The van der Waals surface area contributed by atoms with E-state index in [0.29, 0.717) is 27.9 Å². The molecule has 0 aliphatic carbocycles. The smallest absolute Gasteiger partial charge is 0.262 e. The van der Waals surface area contributed by atoms with Gasteiger partial charge in [-0.05, 0) is 54.6 Å². The number of carbonyl (C=O) groups is 2. The lowest BCUT2D eigenvalue weighted by atomic mass is 10.2. The molecule has 29 heavy (non-hydrogen) atoms. The van der Waals surface area contributed by atoms with Crippen LogP contribution in [0.5, 0.6) is 11.5 Å². The zero-order chi connectivity index (χ0) is 20.5. The summed E-state index contributed by atoms with van der Waals surface area (Å²) >= 11 is 5.81. The van der Waals surface area contributed by atoms with Crippen LogP contribution in [0.25, 0.3) is 0 Å². The third kappa shape index (κ3) is 6.86. The lowest BCUT2D eigenvalue weighted by molar-refractivity contribution is -0.118. The molecule has 0 aliphatic rings. The number of ether oxygens (including phenoxy) is 2. The molecule has 6 nitrogen and oxygen atoms in total. The molecule has 0 aliphatic heterocycles. The van der Waals surface area contributed by atoms with Crippen molar-refractivity contribution in [2.24, 2.45) is 0 Å². The van der Waals surface area contributed by atoms with Crippen LogP contribution in [-0.2, 0) is 9.59 Å². The maximum Gasteiger partial charge on any atom is 0.262 e. The van der Waals surface area contributed by atoms with Gasteiger partial charge < -0.3 is 20.1 Å². The lowest BCUT2D eigenvalue weighted by Gasteiger charge is -2.10. The van der Waals surface area contributed by atoms with Crippen LogP contribution >= 0.6 is 11.6 Å². The normalized spacial score (nSPS) is 10.1. The van der Waals surface area contributed by atoms with E-state index in [0.717, 1.165) is 0 Å². The van der Waals surface area contributed by atoms with E-state index in [9.17, 15) is 9.59 Å². The quantitative estimate of drug-likeness (QED) is 0.578. The summed E-state index contributed by atoms with van der Waals surface area (Å²) in [5, 5.41) is 6.04. The Labute approximate surface area is 173 Å². The van der Waals surface area contributed by atoms with E-state index in [4.69, 9.17) is 21.1 Å². The van der Waals surface area contributed by atoms with Gasteiger partial charge in [-0.25, -0.2) is 0 Å². The first kappa shape index (κ1) is 20.2. The molecule has 2 amide bonds. The van der Waals surface area contributed by atoms with Gasteiger partial charge in [0.05, 0.1) is 0 Å². The number of amides is 2. The van der Waals surface area contributed by atoms with Crippen molar-refractivity contribution in [3.8, 4) is 11.5 Å². The first-order chi connectivity index (χ1) is 14.1. The van der Waals surface area contributed by atoms with Crippen molar-refractivity contribution in [3.05, 3.63) is 83.9 Å². The third-order valence-corrected chi connectivity index (χ3v) is 3.98. The summed E-state index contributed by atoms with van der Waals surface area (Å²) in [7, 11) is 0. The Hall–Kier alpha value is -3.51. The van der Waals surface area contributed by atoms with Gasteiger partial charge in [0.2, 0.25) is 0 Å². The summed E-state index contributed by atoms with van der Waals surface area (Å²) in [6.45, 7) is -0.265. The fourth-order valence-corrected chi connectivity index (χ4v) is 2.54. The number of para-hydroxylation sites is 1. The molecule has 3 aromatic rings. The van der Waals surface area contributed by atoms with Gasteiger partial charge >= 0.3 is 0 Å². The maximum atomic E-state index is 12.1. The minimum atomic E-state index is -0.323. The number of hydrogen-bond donors (Lipinski definition) is 2. The summed E-state index contributed by atoms with van der Waals surface area (Å²) < 4.78 is 10.8. The highest BCUT2D eigenvalue weighted by Gasteiger charge is 2.07. The molecule has 148 valence electrons. The summed E-state index contributed by atoms with van der Waals surface area (Å²) in [6, 6.07) is 22.6. The fourth-order valence-electron chi connectivity index (χ4n) is 2.41. The first-order valence-electron chi connectivity index (χ1n) is 8.84. The molecule has 0 spiro atoms.